The van der Waals surface area contributed by atoms with Crippen LogP contribution in [-0.2, 0) is 34.3 Å². The largest absolute Gasteiger partial charge is 0.351 e. The topological polar surface area (TPSA) is 78.9 Å². The molecule has 6 nitrogen and oxygen atoms in total. The van der Waals surface area contributed by atoms with Crippen LogP contribution in [0.3, 0.4) is 0 Å². The molecule has 1 aromatic rings. The van der Waals surface area contributed by atoms with Gasteiger partial charge in [-0.3, -0.25) is 8.75 Å². The van der Waals surface area contributed by atoms with E-state index in [1.165, 1.54) is 11.1 Å². The van der Waals surface area contributed by atoms with Crippen molar-refractivity contribution >= 4 is 17.7 Å². The van der Waals surface area contributed by atoms with Crippen molar-refractivity contribution < 1.29 is 26.2 Å². The van der Waals surface area contributed by atoms with Gasteiger partial charge in [-0.2, -0.15) is 8.42 Å². The number of allylic oxidation sites excluding steroid dienone is 2. The summed E-state index contributed by atoms with van der Waals surface area (Å²) in [6, 6.07) is 10.3. The smallest absolute Gasteiger partial charge is 0.308 e. The standard InChI is InChI=1S/C25H41O6PS/c1-4-29-32(26,30-5-2)25(33(27,28)31-24-17-10-7-11-18-24)19-13-12-14-22(3)20-21-23-15-8-6-9-16-23/h6,8-9,14-16,24-25H,4-5,7,10-13,17-21H2,1-3H3/b22-14+. The summed E-state index contributed by atoms with van der Waals surface area (Å²) in [5, 5.41) is 0. The third-order valence-electron chi connectivity index (χ3n) is 5.93. The van der Waals surface area contributed by atoms with Crippen molar-refractivity contribution in [3.8, 4) is 0 Å². The summed E-state index contributed by atoms with van der Waals surface area (Å²) in [6.07, 6.45) is 9.57. The fourth-order valence-corrected chi connectivity index (χ4v) is 8.73. The number of rotatable bonds is 15. The van der Waals surface area contributed by atoms with E-state index in [2.05, 4.69) is 25.1 Å². The van der Waals surface area contributed by atoms with E-state index in [9.17, 15) is 13.0 Å². The molecule has 0 heterocycles. The third kappa shape index (κ3) is 9.65. The molecule has 0 bridgehead atoms. The zero-order valence-corrected chi connectivity index (χ0v) is 22.1. The van der Waals surface area contributed by atoms with Crippen molar-refractivity contribution in [3.63, 3.8) is 0 Å². The fraction of sp³-hybridized carbons (Fsp3) is 0.680. The van der Waals surface area contributed by atoms with Crippen LogP contribution in [0.4, 0.5) is 0 Å². The molecule has 0 aromatic heterocycles. The van der Waals surface area contributed by atoms with E-state index in [0.29, 0.717) is 25.7 Å². The van der Waals surface area contributed by atoms with Gasteiger partial charge in [0.15, 0.2) is 4.99 Å². The van der Waals surface area contributed by atoms with Gasteiger partial charge < -0.3 is 9.05 Å². The normalized spacial score (nSPS) is 17.2. The fourth-order valence-electron chi connectivity index (χ4n) is 4.17. The van der Waals surface area contributed by atoms with Gasteiger partial charge in [-0.1, -0.05) is 61.2 Å². The van der Waals surface area contributed by atoms with Gasteiger partial charge in [-0.15, -0.1) is 0 Å². The molecule has 1 aromatic carbocycles. The summed E-state index contributed by atoms with van der Waals surface area (Å²) in [6.45, 7) is 5.71. The van der Waals surface area contributed by atoms with E-state index in [1.54, 1.807) is 13.8 Å². The Balaban J connectivity index is 2.02. The summed E-state index contributed by atoms with van der Waals surface area (Å²) in [5.41, 5.74) is 2.56. The average molecular weight is 501 g/mol. The first-order valence-corrected chi connectivity index (χ1v) is 15.4. The van der Waals surface area contributed by atoms with Crippen LogP contribution in [0.2, 0.25) is 0 Å². The Morgan fingerprint density at radius 2 is 1.73 bits per heavy atom. The van der Waals surface area contributed by atoms with Crippen LogP contribution < -0.4 is 0 Å². The molecule has 0 aliphatic heterocycles. The highest BCUT2D eigenvalue weighted by molar-refractivity contribution is 7.94. The van der Waals surface area contributed by atoms with Gasteiger partial charge in [0.1, 0.15) is 0 Å². The quantitative estimate of drug-likeness (QED) is 0.112. The maximum absolute atomic E-state index is 13.5. The highest BCUT2D eigenvalue weighted by Gasteiger charge is 2.46. The molecule has 0 amide bonds. The first kappa shape index (κ1) is 28.3. The van der Waals surface area contributed by atoms with Crippen molar-refractivity contribution in [1.29, 1.82) is 0 Å². The lowest BCUT2D eigenvalue weighted by molar-refractivity contribution is 0.158. The molecule has 188 valence electrons. The van der Waals surface area contributed by atoms with E-state index in [0.717, 1.165) is 32.1 Å². The average Bonchev–Trinajstić information content (AvgIpc) is 2.78. The van der Waals surface area contributed by atoms with Gasteiger partial charge in [0.25, 0.3) is 10.1 Å². The van der Waals surface area contributed by atoms with Crippen LogP contribution >= 0.6 is 7.60 Å². The Morgan fingerprint density at radius 3 is 2.33 bits per heavy atom. The van der Waals surface area contributed by atoms with E-state index >= 15 is 0 Å². The number of benzene rings is 1. The molecule has 1 aliphatic rings. The molecule has 0 spiro atoms. The van der Waals surface area contributed by atoms with Crippen LogP contribution in [-0.4, -0.2) is 32.7 Å². The van der Waals surface area contributed by atoms with Gasteiger partial charge in [0.2, 0.25) is 0 Å². The number of aryl methyl sites for hydroxylation is 1. The first-order chi connectivity index (χ1) is 15.8. The molecule has 0 radical (unpaired) electrons. The van der Waals surface area contributed by atoms with Crippen molar-refractivity contribution in [3.05, 3.63) is 47.5 Å². The maximum atomic E-state index is 13.5. The van der Waals surface area contributed by atoms with Gasteiger partial charge in [0.05, 0.1) is 19.3 Å². The Kier molecular flexibility index (Phi) is 12.4. The summed E-state index contributed by atoms with van der Waals surface area (Å²) in [7, 11) is -7.97. The second-order valence-electron chi connectivity index (χ2n) is 8.65. The molecule has 2 rings (SSSR count). The van der Waals surface area contributed by atoms with E-state index in [4.69, 9.17) is 13.2 Å². The van der Waals surface area contributed by atoms with Gasteiger partial charge in [0, 0.05) is 0 Å². The predicted molar refractivity (Wildman–Crippen MR) is 134 cm³/mol. The van der Waals surface area contributed by atoms with E-state index in [1.807, 2.05) is 18.2 Å². The van der Waals surface area contributed by atoms with Gasteiger partial charge in [-0.05, 0) is 71.3 Å². The van der Waals surface area contributed by atoms with Crippen molar-refractivity contribution in [2.75, 3.05) is 13.2 Å². The molecule has 1 saturated carbocycles. The highest BCUT2D eigenvalue weighted by atomic mass is 32.2. The van der Waals surface area contributed by atoms with E-state index < -0.39 is 22.7 Å². The number of hydrogen-bond donors (Lipinski definition) is 0. The molecular weight excluding hydrogens is 459 g/mol. The summed E-state index contributed by atoms with van der Waals surface area (Å²) in [4.78, 5) is -1.30. The minimum Gasteiger partial charge on any atom is -0.308 e. The second-order valence-corrected chi connectivity index (χ2v) is 13.0. The molecule has 8 heteroatoms. The number of hydrogen-bond acceptors (Lipinski definition) is 6. The molecular formula is C25H41O6PS. The molecule has 1 atom stereocenters. The SMILES string of the molecule is CCOP(=O)(OCC)C(CCC/C=C(\C)CCc1ccccc1)S(=O)(=O)OC1CCCCC1. The molecule has 1 fully saturated rings. The maximum Gasteiger partial charge on any atom is 0.351 e. The minimum absolute atomic E-state index is 0.116. The minimum atomic E-state index is -4.10. The van der Waals surface area contributed by atoms with Crippen LogP contribution in [0, 0.1) is 0 Å². The molecule has 1 aliphatic carbocycles. The van der Waals surface area contributed by atoms with Crippen LogP contribution in [0.25, 0.3) is 0 Å². The lowest BCUT2D eigenvalue weighted by Gasteiger charge is -2.28. The monoisotopic (exact) mass is 500 g/mol. The molecule has 0 N–H and O–H groups in total. The van der Waals surface area contributed by atoms with Crippen LogP contribution in [0.5, 0.6) is 0 Å². The second kappa shape index (κ2) is 14.4. The molecule has 0 saturated heterocycles. The third-order valence-corrected chi connectivity index (χ3v) is 11.1. The van der Waals surface area contributed by atoms with Crippen molar-refractivity contribution in [1.82, 2.24) is 0 Å². The summed E-state index contributed by atoms with van der Waals surface area (Å²) >= 11 is 0. The van der Waals surface area contributed by atoms with Crippen molar-refractivity contribution in [2.45, 2.75) is 96.1 Å². The zero-order chi connectivity index (χ0) is 24.2. The van der Waals surface area contributed by atoms with Crippen LogP contribution in [0.1, 0.15) is 84.1 Å². The zero-order valence-electron chi connectivity index (χ0n) is 20.4. The molecule has 1 unspecified atom stereocenters. The lowest BCUT2D eigenvalue weighted by Crippen LogP contribution is -2.30. The predicted octanol–water partition coefficient (Wildman–Crippen LogP) is 7.01. The number of unbranched alkanes of at least 4 members (excludes halogenated alkanes) is 1. The Labute approximate surface area is 200 Å². The van der Waals surface area contributed by atoms with E-state index in [-0.39, 0.29) is 25.7 Å². The summed E-state index contributed by atoms with van der Waals surface area (Å²) < 4.78 is 56.3. The summed E-state index contributed by atoms with van der Waals surface area (Å²) in [5.74, 6) is 0. The van der Waals surface area contributed by atoms with Gasteiger partial charge >= 0.3 is 7.60 Å². The Morgan fingerprint density at radius 1 is 1.09 bits per heavy atom. The van der Waals surface area contributed by atoms with Gasteiger partial charge in [-0.25, -0.2) is 0 Å². The van der Waals surface area contributed by atoms with Crippen LogP contribution in [0.15, 0.2) is 42.0 Å². The van der Waals surface area contributed by atoms with Crippen molar-refractivity contribution in [2.24, 2.45) is 0 Å². The highest BCUT2D eigenvalue weighted by Crippen LogP contribution is 2.57. The molecule has 33 heavy (non-hydrogen) atoms. The first-order valence-electron chi connectivity index (χ1n) is 12.3. The Hall–Kier alpha value is -0.980. The Bertz CT molecular complexity index is 852. The lowest BCUT2D eigenvalue weighted by atomic mass is 9.98.